The third kappa shape index (κ3) is 11.6. The van der Waals surface area contributed by atoms with E-state index in [4.69, 9.17) is 25.8 Å². The molecule has 1 fully saturated rings. The molecule has 13 heteroatoms. The molecule has 1 saturated carbocycles. The van der Waals surface area contributed by atoms with Crippen molar-refractivity contribution < 1.29 is 38.2 Å². The Balaban J connectivity index is 1.42. The van der Waals surface area contributed by atoms with Crippen LogP contribution in [0, 0.1) is 5.92 Å². The van der Waals surface area contributed by atoms with Gasteiger partial charge in [0.15, 0.2) is 0 Å². The lowest BCUT2D eigenvalue weighted by atomic mass is 9.84. The number of carbonyl (C=O) groups is 5. The average Bonchev–Trinajstić information content (AvgIpc) is 3.28. The van der Waals surface area contributed by atoms with Crippen LogP contribution in [-0.2, 0) is 41.7 Å². The minimum Gasteiger partial charge on any atom is -0.467 e. The van der Waals surface area contributed by atoms with Crippen LogP contribution < -0.4 is 15.5 Å². The van der Waals surface area contributed by atoms with Crippen LogP contribution >= 0.6 is 11.6 Å². The van der Waals surface area contributed by atoms with E-state index < -0.39 is 41.7 Å². The first-order valence-electron chi connectivity index (χ1n) is 17.2. The van der Waals surface area contributed by atoms with Crippen molar-refractivity contribution in [1.82, 2.24) is 15.5 Å². The van der Waals surface area contributed by atoms with Crippen molar-refractivity contribution in [1.29, 1.82) is 0 Å². The van der Waals surface area contributed by atoms with Gasteiger partial charge in [-0.1, -0.05) is 74.0 Å². The van der Waals surface area contributed by atoms with Gasteiger partial charge in [0.2, 0.25) is 11.8 Å². The van der Waals surface area contributed by atoms with Gasteiger partial charge in [-0.25, -0.2) is 14.4 Å². The molecule has 2 N–H and O–H groups in total. The second kappa shape index (κ2) is 18.1. The highest BCUT2D eigenvalue weighted by Crippen LogP contribution is 2.29. The van der Waals surface area contributed by atoms with Gasteiger partial charge in [-0.15, -0.1) is 0 Å². The third-order valence-electron chi connectivity index (χ3n) is 8.80. The molecule has 1 aliphatic carbocycles. The van der Waals surface area contributed by atoms with Gasteiger partial charge in [0.05, 0.1) is 13.7 Å². The quantitative estimate of drug-likeness (QED) is 0.209. The minimum atomic E-state index is -1.14. The first-order chi connectivity index (χ1) is 23.8. The molecule has 0 aromatic heterocycles. The molecule has 1 heterocycles. The Bertz CT molecular complexity index is 1510. The number of alkyl carbamates (subject to hydrolysis) is 1. The number of fused-ring (bicyclic) bond motifs is 1. The van der Waals surface area contributed by atoms with Gasteiger partial charge in [0.25, 0.3) is 0 Å². The van der Waals surface area contributed by atoms with Gasteiger partial charge in [0.1, 0.15) is 24.3 Å². The second-order valence-corrected chi connectivity index (χ2v) is 14.3. The number of para-hydroxylation sites is 1. The number of methoxy groups -OCH3 is 1. The summed E-state index contributed by atoms with van der Waals surface area (Å²) in [5, 5.41) is 5.94. The number of esters is 1. The number of rotatable bonds is 11. The summed E-state index contributed by atoms with van der Waals surface area (Å²) in [6, 6.07) is 12.1. The maximum atomic E-state index is 13.7. The normalized spacial score (nSPS) is 16.3. The first kappa shape index (κ1) is 38.5. The molecule has 2 aromatic carbocycles. The third-order valence-corrected chi connectivity index (χ3v) is 9.04. The van der Waals surface area contributed by atoms with Crippen molar-refractivity contribution in [3.8, 4) is 0 Å². The Morgan fingerprint density at radius 2 is 1.68 bits per heavy atom. The molecule has 12 nitrogen and oxygen atoms in total. The van der Waals surface area contributed by atoms with Crippen LogP contribution in [0.15, 0.2) is 48.5 Å². The molecule has 4 amide bonds. The highest BCUT2D eigenvalue weighted by molar-refractivity contribution is 6.30. The van der Waals surface area contributed by atoms with E-state index in [1.807, 2.05) is 24.3 Å². The van der Waals surface area contributed by atoms with Crippen molar-refractivity contribution in [3.63, 3.8) is 0 Å². The summed E-state index contributed by atoms with van der Waals surface area (Å²) in [6.07, 6.45) is 4.07. The van der Waals surface area contributed by atoms with E-state index in [1.165, 1.54) is 7.11 Å². The van der Waals surface area contributed by atoms with E-state index in [9.17, 15) is 24.0 Å². The van der Waals surface area contributed by atoms with E-state index in [2.05, 4.69) is 10.6 Å². The second-order valence-electron chi connectivity index (χ2n) is 13.8. The number of amides is 4. The monoisotopic (exact) mass is 712 g/mol. The van der Waals surface area contributed by atoms with Crippen LogP contribution in [0.1, 0.15) is 83.3 Å². The number of carbonyl (C=O) groups excluding carboxylic acids is 5. The molecule has 50 heavy (non-hydrogen) atoms. The Hall–Kier alpha value is -4.32. The van der Waals surface area contributed by atoms with Crippen molar-refractivity contribution in [2.24, 2.45) is 5.92 Å². The maximum absolute atomic E-state index is 13.7. The lowest BCUT2D eigenvalue weighted by Crippen LogP contribution is -2.52. The molecule has 0 saturated heterocycles. The number of hydrogen-bond donors (Lipinski definition) is 2. The lowest BCUT2D eigenvalue weighted by molar-refractivity contribution is -0.145. The van der Waals surface area contributed by atoms with Crippen LogP contribution in [0.5, 0.6) is 0 Å². The molecule has 4 rings (SSSR count). The summed E-state index contributed by atoms with van der Waals surface area (Å²) in [4.78, 5) is 69.3. The van der Waals surface area contributed by atoms with Crippen molar-refractivity contribution >= 4 is 47.3 Å². The maximum Gasteiger partial charge on any atom is 0.410 e. The zero-order chi connectivity index (χ0) is 36.3. The van der Waals surface area contributed by atoms with Crippen LogP contribution in [0.3, 0.4) is 0 Å². The summed E-state index contributed by atoms with van der Waals surface area (Å²) in [5.41, 5.74) is 1.46. The zero-order valence-corrected chi connectivity index (χ0v) is 30.1. The van der Waals surface area contributed by atoms with Crippen LogP contribution in [0.25, 0.3) is 0 Å². The fourth-order valence-corrected chi connectivity index (χ4v) is 6.50. The highest BCUT2D eigenvalue weighted by Gasteiger charge is 2.33. The Labute approximate surface area is 299 Å². The summed E-state index contributed by atoms with van der Waals surface area (Å²) < 4.78 is 16.0. The van der Waals surface area contributed by atoms with Crippen molar-refractivity contribution in [3.05, 3.63) is 64.7 Å². The Kier molecular flexibility index (Phi) is 13.9. The van der Waals surface area contributed by atoms with Crippen molar-refractivity contribution in [2.45, 2.75) is 103 Å². The van der Waals surface area contributed by atoms with E-state index in [0.29, 0.717) is 22.7 Å². The van der Waals surface area contributed by atoms with E-state index in [0.717, 1.165) is 37.7 Å². The largest absolute Gasteiger partial charge is 0.467 e. The number of nitrogens with one attached hydrogen (secondary N) is 2. The molecule has 272 valence electrons. The van der Waals surface area contributed by atoms with Crippen LogP contribution in [0.4, 0.5) is 15.3 Å². The molecule has 1 aliphatic heterocycles. The first-order valence-corrected chi connectivity index (χ1v) is 17.6. The molecule has 0 radical (unpaired) electrons. The number of hydrogen-bond acceptors (Lipinski definition) is 8. The Morgan fingerprint density at radius 1 is 0.940 bits per heavy atom. The van der Waals surface area contributed by atoms with E-state index >= 15 is 0 Å². The summed E-state index contributed by atoms with van der Waals surface area (Å²) >= 11 is 6.05. The zero-order valence-electron chi connectivity index (χ0n) is 29.4. The van der Waals surface area contributed by atoms with Gasteiger partial charge in [-0.05, 0) is 68.9 Å². The smallest absolute Gasteiger partial charge is 0.410 e. The summed E-state index contributed by atoms with van der Waals surface area (Å²) in [7, 11) is 1.21. The number of nitrogens with zero attached hydrogens (tertiary/aromatic N) is 2. The van der Waals surface area contributed by atoms with E-state index in [-0.39, 0.29) is 50.9 Å². The number of ether oxygens (including phenoxy) is 3. The number of anilines is 1. The van der Waals surface area contributed by atoms with E-state index in [1.54, 1.807) is 54.8 Å². The molecular formula is C37H49ClN4O8. The SMILES string of the molecule is COC(=O)C(CCC(=O)N1CCN(C(=O)OC(C)(C)C)Cc2ccccc21)NC(=O)C(CC1CCCCC1)NC(=O)OCc1cccc(Cl)c1. The van der Waals surface area contributed by atoms with Gasteiger partial charge >= 0.3 is 18.2 Å². The van der Waals surface area contributed by atoms with Crippen LogP contribution in [-0.4, -0.2) is 72.8 Å². The number of halogens is 1. The van der Waals surface area contributed by atoms with Crippen molar-refractivity contribution in [2.75, 3.05) is 25.1 Å². The Morgan fingerprint density at radius 3 is 2.38 bits per heavy atom. The summed E-state index contributed by atoms with van der Waals surface area (Å²) in [6.45, 7) is 6.09. The molecule has 2 aromatic rings. The fourth-order valence-electron chi connectivity index (χ4n) is 6.29. The lowest BCUT2D eigenvalue weighted by Gasteiger charge is -2.28. The van der Waals surface area contributed by atoms with Gasteiger partial charge in [-0.2, -0.15) is 0 Å². The van der Waals surface area contributed by atoms with Gasteiger partial charge in [0, 0.05) is 30.2 Å². The topological polar surface area (TPSA) is 144 Å². The molecule has 2 unspecified atom stereocenters. The predicted molar refractivity (Wildman–Crippen MR) is 188 cm³/mol. The minimum absolute atomic E-state index is 0.0355. The molecule has 2 aliphatic rings. The fraction of sp³-hybridized carbons (Fsp3) is 0.541. The molecule has 0 spiro atoms. The number of benzene rings is 2. The highest BCUT2D eigenvalue weighted by atomic mass is 35.5. The standard InChI is InChI=1S/C37H49ClN4O8/c1-37(2,3)50-36(47)41-19-20-42(31-16-9-8-14-27(31)23-41)32(43)18-17-29(34(45)48-4)39-33(44)30(22-25-11-6-5-7-12-25)40-35(46)49-24-26-13-10-15-28(38)21-26/h8-10,13-16,21,25,29-30H,5-7,11-12,17-20,22-24H2,1-4H3,(H,39,44)(H,40,46). The molecule has 2 atom stereocenters. The average molecular weight is 713 g/mol. The molecule has 0 bridgehead atoms. The summed E-state index contributed by atoms with van der Waals surface area (Å²) in [5.74, 6) is -1.34. The van der Waals surface area contributed by atoms with Crippen LogP contribution in [0.2, 0.25) is 5.02 Å². The predicted octanol–water partition coefficient (Wildman–Crippen LogP) is 6.13. The van der Waals surface area contributed by atoms with Gasteiger partial charge in [-0.3, -0.25) is 9.59 Å². The van der Waals surface area contributed by atoms with Gasteiger partial charge < -0.3 is 34.6 Å². The molecular weight excluding hydrogens is 664 g/mol.